The molecule has 3 nitrogen and oxygen atoms in total. The van der Waals surface area contributed by atoms with Crippen LogP contribution in [0.15, 0.2) is 36.7 Å². The molecule has 0 amide bonds. The van der Waals surface area contributed by atoms with Gasteiger partial charge < -0.3 is 9.88 Å². The van der Waals surface area contributed by atoms with E-state index >= 15 is 0 Å². The molecule has 0 bridgehead atoms. The minimum atomic E-state index is -0.118. The molecule has 0 spiro atoms. The van der Waals surface area contributed by atoms with E-state index in [2.05, 4.69) is 17.2 Å². The fourth-order valence-electron chi connectivity index (χ4n) is 2.44. The molecule has 1 aromatic heterocycles. The summed E-state index contributed by atoms with van der Waals surface area (Å²) in [5.41, 5.74) is 0.776. The summed E-state index contributed by atoms with van der Waals surface area (Å²) in [6, 6.07) is 7.28. The molecule has 0 saturated heterocycles. The van der Waals surface area contributed by atoms with Crippen LogP contribution in [0.4, 0.5) is 4.39 Å². The molecule has 20 heavy (non-hydrogen) atoms. The standard InChI is InChI=1S/C16H22FN3/c1-3-18-14(8-9-16-19-10-11-20(16)2)12-13-6-4-5-7-15(13)17/h4-7,10-11,14,18H,3,8-9,12H2,1-2H3. The summed E-state index contributed by atoms with van der Waals surface area (Å²) in [4.78, 5) is 4.33. The van der Waals surface area contributed by atoms with Crippen LogP contribution in [0.5, 0.6) is 0 Å². The SMILES string of the molecule is CCNC(CCc1nccn1C)Cc1ccccc1F. The summed E-state index contributed by atoms with van der Waals surface area (Å²) < 4.78 is 15.8. The number of imidazole rings is 1. The van der Waals surface area contributed by atoms with E-state index in [-0.39, 0.29) is 11.9 Å². The second kappa shape index (κ2) is 7.20. The molecule has 1 atom stereocenters. The number of halogens is 1. The molecule has 1 N–H and O–H groups in total. The number of nitrogens with zero attached hydrogens (tertiary/aromatic N) is 2. The lowest BCUT2D eigenvalue weighted by Crippen LogP contribution is -2.32. The molecule has 1 unspecified atom stereocenters. The van der Waals surface area contributed by atoms with Gasteiger partial charge >= 0.3 is 0 Å². The van der Waals surface area contributed by atoms with Crippen molar-refractivity contribution < 1.29 is 4.39 Å². The minimum absolute atomic E-state index is 0.118. The van der Waals surface area contributed by atoms with Crippen LogP contribution >= 0.6 is 0 Å². The summed E-state index contributed by atoms with van der Waals surface area (Å²) in [5.74, 6) is 0.953. The number of nitrogens with one attached hydrogen (secondary N) is 1. The van der Waals surface area contributed by atoms with Gasteiger partial charge in [-0.3, -0.25) is 0 Å². The van der Waals surface area contributed by atoms with Crippen molar-refractivity contribution in [1.82, 2.24) is 14.9 Å². The molecule has 1 heterocycles. The zero-order valence-electron chi connectivity index (χ0n) is 12.1. The van der Waals surface area contributed by atoms with Crippen molar-refractivity contribution in [2.75, 3.05) is 6.54 Å². The molecule has 0 aliphatic rings. The maximum atomic E-state index is 13.7. The Balaban J connectivity index is 1.97. The highest BCUT2D eigenvalue weighted by Crippen LogP contribution is 2.12. The molecule has 1 aromatic carbocycles. The largest absolute Gasteiger partial charge is 0.338 e. The quantitative estimate of drug-likeness (QED) is 0.842. The Morgan fingerprint density at radius 3 is 2.80 bits per heavy atom. The maximum absolute atomic E-state index is 13.7. The highest BCUT2D eigenvalue weighted by molar-refractivity contribution is 5.18. The molecule has 0 radical (unpaired) electrons. The van der Waals surface area contributed by atoms with Crippen molar-refractivity contribution in [3.63, 3.8) is 0 Å². The average molecular weight is 275 g/mol. The molecule has 0 fully saturated rings. The molecule has 0 aliphatic carbocycles. The molecule has 4 heteroatoms. The summed E-state index contributed by atoms with van der Waals surface area (Å²) in [7, 11) is 2.00. The van der Waals surface area contributed by atoms with Crippen LogP contribution in [0.1, 0.15) is 24.7 Å². The predicted octanol–water partition coefficient (Wildman–Crippen LogP) is 2.71. The van der Waals surface area contributed by atoms with Crippen molar-refractivity contribution in [2.45, 2.75) is 32.2 Å². The van der Waals surface area contributed by atoms with Crippen molar-refractivity contribution in [3.05, 3.63) is 53.9 Å². The summed E-state index contributed by atoms with van der Waals surface area (Å²) >= 11 is 0. The van der Waals surface area contributed by atoms with E-state index in [9.17, 15) is 4.39 Å². The third kappa shape index (κ3) is 3.90. The molecule has 0 aliphatic heterocycles. The molecule has 2 aromatic rings. The van der Waals surface area contributed by atoms with Crippen molar-refractivity contribution in [2.24, 2.45) is 7.05 Å². The van der Waals surface area contributed by atoms with Gasteiger partial charge in [-0.2, -0.15) is 0 Å². The van der Waals surface area contributed by atoms with E-state index in [1.807, 2.05) is 36.1 Å². The number of aromatic nitrogens is 2. The Hall–Kier alpha value is -1.68. The van der Waals surface area contributed by atoms with Crippen molar-refractivity contribution in [1.29, 1.82) is 0 Å². The zero-order chi connectivity index (χ0) is 14.4. The number of likely N-dealkylation sites (N-methyl/N-ethyl adjacent to an activating group) is 1. The average Bonchev–Trinajstić information content (AvgIpc) is 2.84. The first-order chi connectivity index (χ1) is 9.70. The third-order valence-electron chi connectivity index (χ3n) is 3.55. The van der Waals surface area contributed by atoms with Gasteiger partial charge in [0.05, 0.1) is 0 Å². The predicted molar refractivity (Wildman–Crippen MR) is 79.1 cm³/mol. The lowest BCUT2D eigenvalue weighted by molar-refractivity contribution is 0.473. The van der Waals surface area contributed by atoms with Gasteiger partial charge in [0.2, 0.25) is 0 Å². The van der Waals surface area contributed by atoms with Crippen molar-refractivity contribution in [3.8, 4) is 0 Å². The van der Waals surface area contributed by atoms with Gasteiger partial charge in [0.15, 0.2) is 0 Å². The summed E-state index contributed by atoms with van der Waals surface area (Å²) in [6.45, 7) is 2.97. The smallest absolute Gasteiger partial charge is 0.126 e. The van der Waals surface area contributed by atoms with Gasteiger partial charge in [0.25, 0.3) is 0 Å². The van der Waals surface area contributed by atoms with Crippen LogP contribution in [0.25, 0.3) is 0 Å². The van der Waals surface area contributed by atoms with Gasteiger partial charge in [0, 0.05) is 31.9 Å². The highest BCUT2D eigenvalue weighted by atomic mass is 19.1. The van der Waals surface area contributed by atoms with E-state index in [1.54, 1.807) is 6.07 Å². The normalized spacial score (nSPS) is 12.6. The Kier molecular flexibility index (Phi) is 5.30. The second-order valence-electron chi connectivity index (χ2n) is 5.04. The topological polar surface area (TPSA) is 29.9 Å². The maximum Gasteiger partial charge on any atom is 0.126 e. The van der Waals surface area contributed by atoms with Crippen LogP contribution in [0.2, 0.25) is 0 Å². The van der Waals surface area contributed by atoms with Crippen molar-refractivity contribution >= 4 is 0 Å². The van der Waals surface area contributed by atoms with Gasteiger partial charge in [0.1, 0.15) is 11.6 Å². The van der Waals surface area contributed by atoms with Crippen LogP contribution < -0.4 is 5.32 Å². The monoisotopic (exact) mass is 275 g/mol. The van der Waals surface area contributed by atoms with Gasteiger partial charge in [-0.05, 0) is 31.0 Å². The Labute approximate surface area is 119 Å². The van der Waals surface area contributed by atoms with Crippen LogP contribution in [0.3, 0.4) is 0 Å². The molecule has 108 valence electrons. The molecular formula is C16H22FN3. The van der Waals surface area contributed by atoms with Gasteiger partial charge in [-0.15, -0.1) is 0 Å². The lowest BCUT2D eigenvalue weighted by atomic mass is 10.0. The lowest BCUT2D eigenvalue weighted by Gasteiger charge is -2.18. The molecule has 0 saturated carbocycles. The van der Waals surface area contributed by atoms with E-state index in [0.29, 0.717) is 6.42 Å². The Morgan fingerprint density at radius 2 is 2.15 bits per heavy atom. The number of hydrogen-bond acceptors (Lipinski definition) is 2. The van der Waals surface area contributed by atoms with E-state index < -0.39 is 0 Å². The van der Waals surface area contributed by atoms with E-state index in [1.165, 1.54) is 6.07 Å². The Bertz CT molecular complexity index is 536. The van der Waals surface area contributed by atoms with Crippen LogP contribution in [-0.4, -0.2) is 22.1 Å². The summed E-state index contributed by atoms with van der Waals surface area (Å²) in [6.07, 6.45) is 6.33. The van der Waals surface area contributed by atoms with Crippen LogP contribution in [0, 0.1) is 5.82 Å². The van der Waals surface area contributed by atoms with Crippen LogP contribution in [-0.2, 0) is 19.9 Å². The minimum Gasteiger partial charge on any atom is -0.338 e. The third-order valence-corrected chi connectivity index (χ3v) is 3.55. The van der Waals surface area contributed by atoms with E-state index in [4.69, 9.17) is 0 Å². The number of aryl methyl sites for hydroxylation is 2. The highest BCUT2D eigenvalue weighted by Gasteiger charge is 2.12. The fourth-order valence-corrected chi connectivity index (χ4v) is 2.44. The zero-order valence-corrected chi connectivity index (χ0v) is 12.1. The first-order valence-corrected chi connectivity index (χ1v) is 7.13. The number of benzene rings is 1. The van der Waals surface area contributed by atoms with Gasteiger partial charge in [-0.25, -0.2) is 9.37 Å². The van der Waals surface area contributed by atoms with E-state index in [0.717, 1.165) is 30.8 Å². The number of rotatable bonds is 7. The first-order valence-electron chi connectivity index (χ1n) is 7.13. The Morgan fingerprint density at radius 1 is 1.35 bits per heavy atom. The second-order valence-corrected chi connectivity index (χ2v) is 5.04. The fraction of sp³-hybridized carbons (Fsp3) is 0.438. The molecular weight excluding hydrogens is 253 g/mol. The first kappa shape index (κ1) is 14.7. The number of hydrogen-bond donors (Lipinski definition) is 1. The molecule has 2 rings (SSSR count). The summed E-state index contributed by atoms with van der Waals surface area (Å²) in [5, 5.41) is 3.44. The van der Waals surface area contributed by atoms with Gasteiger partial charge in [-0.1, -0.05) is 25.1 Å².